The van der Waals surface area contributed by atoms with Crippen LogP contribution in [0.5, 0.6) is 0 Å². The highest BCUT2D eigenvalue weighted by Gasteiger charge is 2.11. The molecule has 1 heterocycles. The van der Waals surface area contributed by atoms with Gasteiger partial charge in [0.15, 0.2) is 0 Å². The molecule has 0 saturated heterocycles. The predicted octanol–water partition coefficient (Wildman–Crippen LogP) is 2.01. The zero-order chi connectivity index (χ0) is 8.97. The lowest BCUT2D eigenvalue weighted by Gasteiger charge is -1.98. The van der Waals surface area contributed by atoms with E-state index in [-0.39, 0.29) is 5.97 Å². The molecule has 1 rings (SSSR count). The molecule has 0 aliphatic rings. The summed E-state index contributed by atoms with van der Waals surface area (Å²) in [6, 6.07) is 1.94. The topological polar surface area (TPSA) is 26.3 Å². The Hall–Kier alpha value is -0.480. The van der Waals surface area contributed by atoms with Crippen LogP contribution in [0.1, 0.15) is 15.2 Å². The first-order valence-electron chi connectivity index (χ1n) is 3.55. The Bertz CT molecular complexity index is 268. The Labute approximate surface area is 81.0 Å². The van der Waals surface area contributed by atoms with Crippen LogP contribution in [0.4, 0.5) is 0 Å². The molecule has 0 aromatic carbocycles. The van der Waals surface area contributed by atoms with Crippen LogP contribution in [-0.4, -0.2) is 18.8 Å². The van der Waals surface area contributed by atoms with Gasteiger partial charge >= 0.3 is 5.97 Å². The van der Waals surface area contributed by atoms with Gasteiger partial charge in [-0.15, -0.1) is 11.3 Å². The van der Waals surface area contributed by atoms with Crippen LogP contribution < -0.4 is 0 Å². The smallest absolute Gasteiger partial charge is 0.348 e. The van der Waals surface area contributed by atoms with E-state index < -0.39 is 0 Å². The fraction of sp³-hybridized carbons (Fsp3) is 0.375. The third-order valence-corrected chi connectivity index (χ3v) is 2.66. The number of carbonyl (C=O) groups is 1. The number of carbonyl (C=O) groups excluding carboxylic acids is 1. The minimum absolute atomic E-state index is 0.248. The van der Waals surface area contributed by atoms with Gasteiger partial charge in [-0.2, -0.15) is 12.6 Å². The maximum absolute atomic E-state index is 11.1. The molecule has 0 fully saturated rings. The number of hydrogen-bond acceptors (Lipinski definition) is 4. The van der Waals surface area contributed by atoms with Gasteiger partial charge in [0.25, 0.3) is 0 Å². The summed E-state index contributed by atoms with van der Waals surface area (Å²) in [5.41, 5.74) is 1.03. The van der Waals surface area contributed by atoms with Crippen molar-refractivity contribution < 1.29 is 9.53 Å². The highest BCUT2D eigenvalue weighted by atomic mass is 32.1. The van der Waals surface area contributed by atoms with Gasteiger partial charge in [-0.05, 0) is 29.2 Å². The third kappa shape index (κ3) is 2.01. The first-order valence-corrected chi connectivity index (χ1v) is 5.06. The summed E-state index contributed by atoms with van der Waals surface area (Å²) in [4.78, 5) is 11.8. The molecule has 1 aromatic heterocycles. The van der Waals surface area contributed by atoms with Crippen molar-refractivity contribution in [3.8, 4) is 0 Å². The Morgan fingerprint density at radius 3 is 3.08 bits per heavy atom. The quantitative estimate of drug-likeness (QED) is 0.599. The first-order chi connectivity index (χ1) is 5.79. The maximum Gasteiger partial charge on any atom is 0.348 e. The fourth-order valence-electron chi connectivity index (χ4n) is 0.925. The van der Waals surface area contributed by atoms with Crippen molar-refractivity contribution >= 4 is 29.9 Å². The van der Waals surface area contributed by atoms with Gasteiger partial charge in [-0.25, -0.2) is 4.79 Å². The lowest BCUT2D eigenvalue weighted by molar-refractivity contribution is 0.0605. The molecular formula is C8H10O2S2. The fourth-order valence-corrected chi connectivity index (χ4v) is 2.04. The molecule has 0 N–H and O–H groups in total. The minimum Gasteiger partial charge on any atom is -0.465 e. The number of rotatable bonds is 3. The molecule has 66 valence electrons. The lowest BCUT2D eigenvalue weighted by atomic mass is 10.2. The summed E-state index contributed by atoms with van der Waals surface area (Å²) in [6.45, 7) is 0. The molecule has 0 unspecified atom stereocenters. The molecule has 0 bridgehead atoms. The van der Waals surface area contributed by atoms with E-state index in [1.54, 1.807) is 0 Å². The summed E-state index contributed by atoms with van der Waals surface area (Å²) >= 11 is 5.52. The van der Waals surface area contributed by atoms with Crippen LogP contribution in [0.3, 0.4) is 0 Å². The van der Waals surface area contributed by atoms with Crippen molar-refractivity contribution in [2.45, 2.75) is 6.42 Å². The minimum atomic E-state index is -0.248. The van der Waals surface area contributed by atoms with Gasteiger partial charge in [0.1, 0.15) is 4.88 Å². The molecule has 0 radical (unpaired) electrons. The highest BCUT2D eigenvalue weighted by Crippen LogP contribution is 2.18. The van der Waals surface area contributed by atoms with E-state index in [0.717, 1.165) is 17.7 Å². The molecule has 4 heteroatoms. The van der Waals surface area contributed by atoms with Crippen LogP contribution in [0.15, 0.2) is 11.4 Å². The summed E-state index contributed by atoms with van der Waals surface area (Å²) in [7, 11) is 1.40. The molecule has 1 aromatic rings. The molecule has 0 amide bonds. The second kappa shape index (κ2) is 4.52. The van der Waals surface area contributed by atoms with Gasteiger partial charge < -0.3 is 4.74 Å². The van der Waals surface area contributed by atoms with Crippen molar-refractivity contribution in [1.82, 2.24) is 0 Å². The van der Waals surface area contributed by atoms with E-state index >= 15 is 0 Å². The number of methoxy groups -OCH3 is 1. The summed E-state index contributed by atoms with van der Waals surface area (Å²) in [5, 5.41) is 1.89. The van der Waals surface area contributed by atoms with Gasteiger partial charge in [0.05, 0.1) is 7.11 Å². The highest BCUT2D eigenvalue weighted by molar-refractivity contribution is 7.80. The standard InChI is InChI=1S/C8H10O2S2/c1-10-8(9)7-6(2-4-11)3-5-12-7/h3,5,11H,2,4H2,1H3. The second-order valence-electron chi connectivity index (χ2n) is 2.24. The lowest BCUT2D eigenvalue weighted by Crippen LogP contribution is -2.02. The van der Waals surface area contributed by atoms with Crippen molar-refractivity contribution in [2.75, 3.05) is 12.9 Å². The molecule has 0 aliphatic heterocycles. The predicted molar refractivity (Wildman–Crippen MR) is 53.2 cm³/mol. The van der Waals surface area contributed by atoms with E-state index in [0.29, 0.717) is 4.88 Å². The van der Waals surface area contributed by atoms with Crippen molar-refractivity contribution in [2.24, 2.45) is 0 Å². The van der Waals surface area contributed by atoms with E-state index in [1.165, 1.54) is 18.4 Å². The largest absolute Gasteiger partial charge is 0.465 e. The van der Waals surface area contributed by atoms with E-state index in [1.807, 2.05) is 11.4 Å². The van der Waals surface area contributed by atoms with Gasteiger partial charge in [-0.1, -0.05) is 0 Å². The van der Waals surface area contributed by atoms with Crippen LogP contribution in [-0.2, 0) is 11.2 Å². The number of thiophene rings is 1. The zero-order valence-electron chi connectivity index (χ0n) is 6.74. The number of ether oxygens (including phenoxy) is 1. The molecule has 0 spiro atoms. The molecule has 0 atom stereocenters. The average molecular weight is 202 g/mol. The maximum atomic E-state index is 11.1. The third-order valence-electron chi connectivity index (χ3n) is 1.50. The number of thiol groups is 1. The van der Waals surface area contributed by atoms with Crippen LogP contribution in [0.2, 0.25) is 0 Å². The normalized spacial score (nSPS) is 9.83. The molecule has 0 aliphatic carbocycles. The summed E-state index contributed by atoms with van der Waals surface area (Å²) in [5.74, 6) is 0.502. The van der Waals surface area contributed by atoms with Crippen LogP contribution >= 0.6 is 24.0 Å². The molecule has 0 saturated carbocycles. The summed E-state index contributed by atoms with van der Waals surface area (Å²) in [6.07, 6.45) is 0.817. The van der Waals surface area contributed by atoms with Gasteiger partial charge in [0.2, 0.25) is 0 Å². The molecule has 12 heavy (non-hydrogen) atoms. The number of hydrogen-bond donors (Lipinski definition) is 1. The second-order valence-corrected chi connectivity index (χ2v) is 3.60. The number of esters is 1. The van der Waals surface area contributed by atoms with Crippen LogP contribution in [0, 0.1) is 0 Å². The van der Waals surface area contributed by atoms with Crippen molar-refractivity contribution in [1.29, 1.82) is 0 Å². The molecular weight excluding hydrogens is 192 g/mol. The average Bonchev–Trinajstić information content (AvgIpc) is 2.52. The SMILES string of the molecule is COC(=O)c1sccc1CCS. The van der Waals surface area contributed by atoms with Crippen LogP contribution in [0.25, 0.3) is 0 Å². The van der Waals surface area contributed by atoms with E-state index in [4.69, 9.17) is 0 Å². The first kappa shape index (κ1) is 9.61. The Balaban J connectivity index is 2.83. The van der Waals surface area contributed by atoms with Crippen molar-refractivity contribution in [3.05, 3.63) is 21.9 Å². The Morgan fingerprint density at radius 1 is 1.75 bits per heavy atom. The number of aryl methyl sites for hydroxylation is 1. The van der Waals surface area contributed by atoms with Gasteiger partial charge in [-0.3, -0.25) is 0 Å². The van der Waals surface area contributed by atoms with E-state index in [2.05, 4.69) is 17.4 Å². The zero-order valence-corrected chi connectivity index (χ0v) is 8.45. The Morgan fingerprint density at radius 2 is 2.50 bits per heavy atom. The Kier molecular flexibility index (Phi) is 3.62. The van der Waals surface area contributed by atoms with Crippen molar-refractivity contribution in [3.63, 3.8) is 0 Å². The van der Waals surface area contributed by atoms with E-state index in [9.17, 15) is 4.79 Å². The molecule has 2 nitrogen and oxygen atoms in total. The monoisotopic (exact) mass is 202 g/mol. The van der Waals surface area contributed by atoms with Gasteiger partial charge in [0, 0.05) is 0 Å². The summed E-state index contributed by atoms with van der Waals surface area (Å²) < 4.78 is 4.63.